The number of ketones is 1. The third-order valence-electron chi connectivity index (χ3n) is 3.48. The van der Waals surface area contributed by atoms with E-state index in [9.17, 15) is 14.9 Å². The molecule has 1 aliphatic carbocycles. The van der Waals surface area contributed by atoms with E-state index in [4.69, 9.17) is 4.74 Å². The number of Topliss-reactive ketones (excluding diaryl/α,β-unsaturated/α-hetero) is 1. The van der Waals surface area contributed by atoms with Crippen LogP contribution in [-0.4, -0.2) is 16.8 Å². The molecule has 96 valence electrons. The fourth-order valence-electron chi connectivity index (χ4n) is 1.94. The molecule has 0 N–H and O–H groups in total. The van der Waals surface area contributed by atoms with Gasteiger partial charge in [0, 0.05) is 12.5 Å². The van der Waals surface area contributed by atoms with E-state index in [2.05, 4.69) is 0 Å². The van der Waals surface area contributed by atoms with Gasteiger partial charge in [-0.05, 0) is 32.4 Å². The molecule has 5 nitrogen and oxygen atoms in total. The van der Waals surface area contributed by atoms with Crippen LogP contribution in [0.25, 0.3) is 0 Å². The summed E-state index contributed by atoms with van der Waals surface area (Å²) >= 11 is 0. The lowest BCUT2D eigenvalue weighted by Gasteiger charge is -2.41. The van der Waals surface area contributed by atoms with Crippen molar-refractivity contribution in [2.45, 2.75) is 33.3 Å². The minimum Gasteiger partial charge on any atom is -0.482 e. The first-order chi connectivity index (χ1) is 8.32. The quantitative estimate of drug-likeness (QED) is 0.610. The van der Waals surface area contributed by atoms with Gasteiger partial charge in [-0.1, -0.05) is 6.07 Å². The van der Waals surface area contributed by atoms with Gasteiger partial charge in [-0.3, -0.25) is 14.9 Å². The summed E-state index contributed by atoms with van der Waals surface area (Å²) in [5, 5.41) is 10.9. The maximum atomic E-state index is 11.4. The Hall–Kier alpha value is -1.91. The molecule has 0 aliphatic heterocycles. The molecule has 0 spiro atoms. The Morgan fingerprint density at radius 2 is 2.11 bits per heavy atom. The van der Waals surface area contributed by atoms with Crippen molar-refractivity contribution in [3.63, 3.8) is 0 Å². The number of carbonyl (C=O) groups is 1. The van der Waals surface area contributed by atoms with Gasteiger partial charge in [-0.25, -0.2) is 0 Å². The minimum absolute atomic E-state index is 0.0595. The lowest BCUT2D eigenvalue weighted by molar-refractivity contribution is -0.386. The maximum absolute atomic E-state index is 11.4. The Bertz CT molecular complexity index is 522. The highest BCUT2D eigenvalue weighted by Crippen LogP contribution is 2.41. The molecule has 1 unspecified atom stereocenters. The third kappa shape index (κ3) is 1.96. The molecular weight excluding hydrogens is 234 g/mol. The zero-order chi connectivity index (χ0) is 13.5. The van der Waals surface area contributed by atoms with Gasteiger partial charge in [0.25, 0.3) is 0 Å². The molecule has 1 fully saturated rings. The van der Waals surface area contributed by atoms with Crippen LogP contribution >= 0.6 is 0 Å². The number of nitro benzene ring substituents is 1. The van der Waals surface area contributed by atoms with Crippen LogP contribution in [0.15, 0.2) is 18.2 Å². The summed E-state index contributed by atoms with van der Waals surface area (Å²) < 4.78 is 5.65. The normalized spacial score (nSPS) is 21.3. The van der Waals surface area contributed by atoms with E-state index in [1.165, 1.54) is 6.07 Å². The molecule has 1 aliphatic rings. The van der Waals surface area contributed by atoms with Crippen molar-refractivity contribution >= 4 is 11.5 Å². The molecule has 1 atom stereocenters. The van der Waals surface area contributed by atoms with Crippen molar-refractivity contribution in [3.05, 3.63) is 33.9 Å². The maximum Gasteiger partial charge on any atom is 0.310 e. The van der Waals surface area contributed by atoms with E-state index in [0.29, 0.717) is 6.42 Å². The van der Waals surface area contributed by atoms with Crippen LogP contribution in [0.1, 0.15) is 25.8 Å². The van der Waals surface area contributed by atoms with Crippen molar-refractivity contribution in [1.29, 1.82) is 0 Å². The van der Waals surface area contributed by atoms with E-state index in [0.717, 1.165) is 5.56 Å². The number of ether oxygens (including phenoxy) is 1. The molecule has 1 aromatic carbocycles. The zero-order valence-electron chi connectivity index (χ0n) is 10.6. The van der Waals surface area contributed by atoms with Crippen LogP contribution in [0.5, 0.6) is 5.75 Å². The Kier molecular flexibility index (Phi) is 2.84. The number of nitrogens with zero attached hydrogens (tertiary/aromatic N) is 1. The SMILES string of the molecule is Cc1ccc([N+](=O)[O-])c(OC2CC(=O)C2(C)C)c1. The summed E-state index contributed by atoms with van der Waals surface area (Å²) in [7, 11) is 0. The predicted molar refractivity (Wildman–Crippen MR) is 65.7 cm³/mol. The molecular formula is C13H15NO4. The molecule has 18 heavy (non-hydrogen) atoms. The topological polar surface area (TPSA) is 69.4 Å². The second-order valence-corrected chi connectivity index (χ2v) is 5.18. The number of carbonyl (C=O) groups excluding carboxylic acids is 1. The molecule has 0 aromatic heterocycles. The fraction of sp³-hybridized carbons (Fsp3) is 0.462. The summed E-state index contributed by atoms with van der Waals surface area (Å²) in [6.07, 6.45) is 0.0310. The average molecular weight is 249 g/mol. The van der Waals surface area contributed by atoms with Crippen molar-refractivity contribution < 1.29 is 14.5 Å². The molecule has 0 bridgehead atoms. The van der Waals surface area contributed by atoms with Crippen LogP contribution < -0.4 is 4.74 Å². The van der Waals surface area contributed by atoms with Crippen molar-refractivity contribution in [3.8, 4) is 5.75 Å². The smallest absolute Gasteiger partial charge is 0.310 e. The Morgan fingerprint density at radius 1 is 1.44 bits per heavy atom. The molecule has 2 rings (SSSR count). The van der Waals surface area contributed by atoms with Crippen LogP contribution in [0, 0.1) is 22.5 Å². The summed E-state index contributed by atoms with van der Waals surface area (Å²) in [5.41, 5.74) is 0.271. The van der Waals surface area contributed by atoms with Gasteiger partial charge in [0.05, 0.1) is 10.3 Å². The predicted octanol–water partition coefficient (Wildman–Crippen LogP) is 2.65. The lowest BCUT2D eigenvalue weighted by atomic mass is 9.68. The number of nitro groups is 1. The molecule has 1 aromatic rings. The highest BCUT2D eigenvalue weighted by molar-refractivity contribution is 5.91. The van der Waals surface area contributed by atoms with Gasteiger partial charge in [-0.15, -0.1) is 0 Å². The minimum atomic E-state index is -0.558. The van der Waals surface area contributed by atoms with Crippen molar-refractivity contribution in [2.75, 3.05) is 0 Å². The van der Waals surface area contributed by atoms with Gasteiger partial charge in [0.1, 0.15) is 11.9 Å². The second-order valence-electron chi connectivity index (χ2n) is 5.18. The summed E-state index contributed by atoms with van der Waals surface area (Å²) in [6.45, 7) is 5.43. The highest BCUT2D eigenvalue weighted by Gasteiger charge is 2.49. The molecule has 0 saturated heterocycles. The lowest BCUT2D eigenvalue weighted by Crippen LogP contribution is -2.53. The molecule has 0 radical (unpaired) electrons. The Balaban J connectivity index is 2.27. The van der Waals surface area contributed by atoms with Crippen LogP contribution in [0.2, 0.25) is 0 Å². The van der Waals surface area contributed by atoms with Crippen LogP contribution in [0.3, 0.4) is 0 Å². The fourth-order valence-corrected chi connectivity index (χ4v) is 1.94. The number of aryl methyl sites for hydroxylation is 1. The first kappa shape index (κ1) is 12.5. The monoisotopic (exact) mass is 249 g/mol. The third-order valence-corrected chi connectivity index (χ3v) is 3.48. The molecule has 5 heteroatoms. The first-order valence-electron chi connectivity index (χ1n) is 5.77. The average Bonchev–Trinajstić information content (AvgIpc) is 2.28. The molecule has 1 saturated carbocycles. The van der Waals surface area contributed by atoms with Gasteiger partial charge >= 0.3 is 5.69 Å². The second kappa shape index (κ2) is 4.08. The van der Waals surface area contributed by atoms with Crippen molar-refractivity contribution in [2.24, 2.45) is 5.41 Å². The van der Waals surface area contributed by atoms with Gasteiger partial charge in [0.2, 0.25) is 0 Å². The van der Waals surface area contributed by atoms with Gasteiger partial charge in [-0.2, -0.15) is 0 Å². The number of rotatable bonds is 3. The van der Waals surface area contributed by atoms with E-state index in [1.54, 1.807) is 26.0 Å². The van der Waals surface area contributed by atoms with Crippen LogP contribution in [-0.2, 0) is 4.79 Å². The van der Waals surface area contributed by atoms with E-state index in [1.807, 2.05) is 6.92 Å². The largest absolute Gasteiger partial charge is 0.482 e. The number of hydrogen-bond donors (Lipinski definition) is 0. The Morgan fingerprint density at radius 3 is 2.61 bits per heavy atom. The molecule has 0 heterocycles. The van der Waals surface area contributed by atoms with Gasteiger partial charge in [0.15, 0.2) is 5.75 Å². The number of benzene rings is 1. The first-order valence-corrected chi connectivity index (χ1v) is 5.77. The summed E-state index contributed by atoms with van der Waals surface area (Å²) in [4.78, 5) is 21.9. The number of hydrogen-bond acceptors (Lipinski definition) is 4. The van der Waals surface area contributed by atoms with E-state index >= 15 is 0 Å². The standard InChI is InChI=1S/C13H15NO4/c1-8-4-5-9(14(16)17)10(6-8)18-12-7-11(15)13(12,2)3/h4-6,12H,7H2,1-3H3. The molecule has 0 amide bonds. The summed E-state index contributed by atoms with van der Waals surface area (Å²) in [5.74, 6) is 0.369. The van der Waals surface area contributed by atoms with Gasteiger partial charge < -0.3 is 4.74 Å². The van der Waals surface area contributed by atoms with E-state index in [-0.39, 0.29) is 23.3 Å². The summed E-state index contributed by atoms with van der Waals surface area (Å²) in [6, 6.07) is 4.73. The highest BCUT2D eigenvalue weighted by atomic mass is 16.6. The van der Waals surface area contributed by atoms with E-state index < -0.39 is 10.3 Å². The zero-order valence-corrected chi connectivity index (χ0v) is 10.6. The Labute approximate surface area is 105 Å². The van der Waals surface area contributed by atoms with Crippen molar-refractivity contribution in [1.82, 2.24) is 0 Å². The van der Waals surface area contributed by atoms with Crippen LogP contribution in [0.4, 0.5) is 5.69 Å².